The average molecular weight is 479 g/mol. The van der Waals surface area contributed by atoms with Crippen LogP contribution in [0.25, 0.3) is 0 Å². The van der Waals surface area contributed by atoms with Gasteiger partial charge in [-0.1, -0.05) is 6.07 Å². The second-order valence-electron chi connectivity index (χ2n) is 10.4. The van der Waals surface area contributed by atoms with Crippen molar-refractivity contribution in [1.29, 1.82) is 0 Å². The molecule has 1 unspecified atom stereocenters. The van der Waals surface area contributed by atoms with E-state index in [1.807, 2.05) is 41.8 Å². The maximum atomic E-state index is 13.0. The SMILES string of the molecule is CC(C)n1nccc1C(=O)N1CCC2(CC1)CC2C(=O)Nc1cccc(NC(=O)N2CCCC2)c1. The van der Waals surface area contributed by atoms with Crippen molar-refractivity contribution in [1.82, 2.24) is 19.6 Å². The smallest absolute Gasteiger partial charge is 0.321 e. The first-order valence-electron chi connectivity index (χ1n) is 12.7. The fourth-order valence-corrected chi connectivity index (χ4v) is 5.51. The molecule has 3 heterocycles. The Morgan fingerprint density at radius 1 is 0.971 bits per heavy atom. The first-order chi connectivity index (χ1) is 16.9. The molecule has 1 atom stereocenters. The van der Waals surface area contributed by atoms with E-state index in [1.54, 1.807) is 23.0 Å². The van der Waals surface area contributed by atoms with Gasteiger partial charge in [-0.2, -0.15) is 5.10 Å². The highest BCUT2D eigenvalue weighted by Crippen LogP contribution is 2.59. The fraction of sp³-hybridized carbons (Fsp3) is 0.538. The molecule has 5 rings (SSSR count). The van der Waals surface area contributed by atoms with Crippen molar-refractivity contribution >= 4 is 29.2 Å². The van der Waals surface area contributed by atoms with Crippen LogP contribution in [0.5, 0.6) is 0 Å². The number of urea groups is 1. The van der Waals surface area contributed by atoms with Crippen molar-refractivity contribution in [2.45, 2.75) is 52.0 Å². The minimum atomic E-state index is -0.0927. The van der Waals surface area contributed by atoms with E-state index in [9.17, 15) is 14.4 Å². The van der Waals surface area contributed by atoms with Crippen molar-refractivity contribution in [2.75, 3.05) is 36.8 Å². The van der Waals surface area contributed by atoms with Gasteiger partial charge in [-0.3, -0.25) is 14.3 Å². The van der Waals surface area contributed by atoms with E-state index in [-0.39, 0.29) is 35.2 Å². The van der Waals surface area contributed by atoms with E-state index < -0.39 is 0 Å². The molecule has 1 aromatic heterocycles. The van der Waals surface area contributed by atoms with Crippen molar-refractivity contribution in [3.05, 3.63) is 42.2 Å². The lowest BCUT2D eigenvalue weighted by Crippen LogP contribution is -2.41. The Labute approximate surface area is 205 Å². The predicted molar refractivity (Wildman–Crippen MR) is 133 cm³/mol. The molecule has 4 amide bonds. The van der Waals surface area contributed by atoms with Gasteiger partial charge in [0, 0.05) is 55.7 Å². The second kappa shape index (κ2) is 9.36. The zero-order valence-corrected chi connectivity index (χ0v) is 20.5. The number of benzene rings is 1. The minimum absolute atomic E-state index is 0.0132. The topological polar surface area (TPSA) is 99.6 Å². The van der Waals surface area contributed by atoms with Gasteiger partial charge in [0.1, 0.15) is 5.69 Å². The van der Waals surface area contributed by atoms with E-state index >= 15 is 0 Å². The van der Waals surface area contributed by atoms with Crippen LogP contribution in [0.3, 0.4) is 0 Å². The highest BCUT2D eigenvalue weighted by atomic mass is 16.2. The monoisotopic (exact) mass is 478 g/mol. The Balaban J connectivity index is 1.14. The lowest BCUT2D eigenvalue weighted by molar-refractivity contribution is -0.118. The van der Waals surface area contributed by atoms with Gasteiger partial charge in [0.15, 0.2) is 0 Å². The average Bonchev–Trinajstić information content (AvgIpc) is 3.24. The Kier molecular flexibility index (Phi) is 6.25. The molecule has 3 aliphatic rings. The van der Waals surface area contributed by atoms with E-state index in [2.05, 4.69) is 15.7 Å². The van der Waals surface area contributed by atoms with Crippen LogP contribution < -0.4 is 10.6 Å². The Morgan fingerprint density at radius 3 is 2.34 bits per heavy atom. The summed E-state index contributed by atoms with van der Waals surface area (Å²) >= 11 is 0. The number of nitrogens with zero attached hydrogens (tertiary/aromatic N) is 4. The molecule has 2 saturated heterocycles. The number of piperidine rings is 1. The molecule has 9 heteroatoms. The van der Waals surface area contributed by atoms with E-state index in [4.69, 9.17) is 0 Å². The summed E-state index contributed by atoms with van der Waals surface area (Å²) in [7, 11) is 0. The summed E-state index contributed by atoms with van der Waals surface area (Å²) in [5.74, 6) is -0.00466. The molecule has 186 valence electrons. The van der Waals surface area contributed by atoms with Crippen LogP contribution in [-0.4, -0.2) is 63.6 Å². The van der Waals surface area contributed by atoms with Crippen molar-refractivity contribution in [3.8, 4) is 0 Å². The van der Waals surface area contributed by atoms with E-state index in [1.165, 1.54) is 0 Å². The highest BCUT2D eigenvalue weighted by molar-refractivity contribution is 5.97. The molecular weight excluding hydrogens is 444 g/mol. The molecule has 2 N–H and O–H groups in total. The van der Waals surface area contributed by atoms with Gasteiger partial charge >= 0.3 is 6.03 Å². The molecule has 2 aliphatic heterocycles. The molecule has 35 heavy (non-hydrogen) atoms. The maximum Gasteiger partial charge on any atom is 0.321 e. The molecule has 0 radical (unpaired) electrons. The van der Waals surface area contributed by atoms with Gasteiger partial charge in [-0.25, -0.2) is 4.79 Å². The van der Waals surface area contributed by atoms with Crippen LogP contribution in [0, 0.1) is 11.3 Å². The zero-order chi connectivity index (χ0) is 24.6. The van der Waals surface area contributed by atoms with Crippen molar-refractivity contribution < 1.29 is 14.4 Å². The number of likely N-dealkylation sites (tertiary alicyclic amines) is 2. The first-order valence-corrected chi connectivity index (χ1v) is 12.7. The van der Waals surface area contributed by atoms with Gasteiger partial charge in [0.2, 0.25) is 5.91 Å². The number of nitrogens with one attached hydrogen (secondary N) is 2. The number of hydrogen-bond acceptors (Lipinski definition) is 4. The fourth-order valence-electron chi connectivity index (χ4n) is 5.51. The Hall–Kier alpha value is -3.36. The minimum Gasteiger partial charge on any atom is -0.337 e. The third kappa shape index (κ3) is 4.76. The molecule has 0 bridgehead atoms. The normalized spacial score (nSPS) is 20.8. The largest absolute Gasteiger partial charge is 0.337 e. The summed E-state index contributed by atoms with van der Waals surface area (Å²) in [4.78, 5) is 42.1. The van der Waals surface area contributed by atoms with Gasteiger partial charge in [0.25, 0.3) is 5.91 Å². The summed E-state index contributed by atoms with van der Waals surface area (Å²) in [6, 6.07) is 9.14. The van der Waals surface area contributed by atoms with Crippen LogP contribution in [0.1, 0.15) is 62.5 Å². The third-order valence-electron chi connectivity index (χ3n) is 7.71. The second-order valence-corrected chi connectivity index (χ2v) is 10.4. The number of amides is 4. The van der Waals surface area contributed by atoms with Gasteiger partial charge in [-0.15, -0.1) is 0 Å². The quantitative estimate of drug-likeness (QED) is 0.679. The number of hydrogen-bond donors (Lipinski definition) is 2. The molecular formula is C26H34N6O3. The lowest BCUT2D eigenvalue weighted by Gasteiger charge is -2.33. The summed E-state index contributed by atoms with van der Waals surface area (Å²) in [5.41, 5.74) is 1.97. The van der Waals surface area contributed by atoms with Crippen molar-refractivity contribution in [3.63, 3.8) is 0 Å². The highest BCUT2D eigenvalue weighted by Gasteiger charge is 2.58. The Bertz CT molecular complexity index is 1110. The zero-order valence-electron chi connectivity index (χ0n) is 20.5. The van der Waals surface area contributed by atoms with Gasteiger partial charge in [-0.05, 0) is 75.6 Å². The van der Waals surface area contributed by atoms with Crippen molar-refractivity contribution in [2.24, 2.45) is 11.3 Å². The van der Waals surface area contributed by atoms with Gasteiger partial charge < -0.3 is 20.4 Å². The molecule has 1 aliphatic carbocycles. The van der Waals surface area contributed by atoms with Crippen LogP contribution in [-0.2, 0) is 4.79 Å². The summed E-state index contributed by atoms with van der Waals surface area (Å²) in [6.45, 7) is 6.92. The molecule has 9 nitrogen and oxygen atoms in total. The summed E-state index contributed by atoms with van der Waals surface area (Å²) < 4.78 is 1.77. The van der Waals surface area contributed by atoms with Crippen LogP contribution in [0.2, 0.25) is 0 Å². The number of rotatable bonds is 5. The number of carbonyl (C=O) groups is 3. The molecule has 1 aromatic carbocycles. The third-order valence-corrected chi connectivity index (χ3v) is 7.71. The van der Waals surface area contributed by atoms with Crippen LogP contribution in [0.15, 0.2) is 36.5 Å². The Morgan fingerprint density at radius 2 is 1.66 bits per heavy atom. The molecule has 2 aromatic rings. The number of anilines is 2. The van der Waals surface area contributed by atoms with E-state index in [0.29, 0.717) is 30.2 Å². The van der Waals surface area contributed by atoms with Gasteiger partial charge in [0.05, 0.1) is 0 Å². The standard InChI is InChI=1S/C26H34N6O3/c1-18(2)32-22(8-11-27-32)24(34)30-14-9-26(10-15-30)17-21(26)23(33)28-19-6-5-7-20(16-19)29-25(35)31-12-3-4-13-31/h5-8,11,16,18,21H,3-4,9-10,12-15,17H2,1-2H3,(H,28,33)(H,29,35). The lowest BCUT2D eigenvalue weighted by atomic mass is 9.90. The summed E-state index contributed by atoms with van der Waals surface area (Å²) in [6.07, 6.45) is 6.28. The first kappa shape index (κ1) is 23.4. The van der Waals surface area contributed by atoms with Crippen LogP contribution >= 0.6 is 0 Å². The molecule has 3 fully saturated rings. The number of aromatic nitrogens is 2. The molecule has 1 saturated carbocycles. The summed E-state index contributed by atoms with van der Waals surface area (Å²) in [5, 5.41) is 10.2. The number of carbonyl (C=O) groups excluding carboxylic acids is 3. The predicted octanol–water partition coefficient (Wildman–Crippen LogP) is 3.97. The van der Waals surface area contributed by atoms with Crippen LogP contribution in [0.4, 0.5) is 16.2 Å². The maximum absolute atomic E-state index is 13.0. The molecule has 1 spiro atoms. The van der Waals surface area contributed by atoms with E-state index in [0.717, 1.165) is 45.2 Å².